The van der Waals surface area contributed by atoms with Crippen LogP contribution >= 0.6 is 0 Å². The Balaban J connectivity index is 2.98. The number of hydrogen-bond acceptors (Lipinski definition) is 2. The van der Waals surface area contributed by atoms with Crippen molar-refractivity contribution in [2.24, 2.45) is 0 Å². The summed E-state index contributed by atoms with van der Waals surface area (Å²) in [6, 6.07) is 1.35. The third-order valence-electron chi connectivity index (χ3n) is 0.993. The predicted molar refractivity (Wildman–Crippen MR) is 37.4 cm³/mol. The molecule has 0 bridgehead atoms. The van der Waals surface area contributed by atoms with E-state index in [0.717, 1.165) is 0 Å². The van der Waals surface area contributed by atoms with Gasteiger partial charge in [-0.2, -0.15) is 0 Å². The molecule has 0 saturated carbocycles. The van der Waals surface area contributed by atoms with Gasteiger partial charge in [0.25, 0.3) is 5.56 Å². The normalized spacial score (nSPS) is 8.70. The summed E-state index contributed by atoms with van der Waals surface area (Å²) >= 11 is 0. The van der Waals surface area contributed by atoms with E-state index in [9.17, 15) is 4.79 Å². The number of aromatic nitrogens is 2. The van der Waals surface area contributed by atoms with Gasteiger partial charge in [-0.3, -0.25) is 4.79 Å². The average molecular weight is 134 g/mol. The number of nitrogens with one attached hydrogen (secondary N) is 1. The van der Waals surface area contributed by atoms with Crippen LogP contribution < -0.4 is 5.56 Å². The smallest absolute Gasteiger partial charge is 0.250 e. The second-order valence-electron chi connectivity index (χ2n) is 1.76. The summed E-state index contributed by atoms with van der Waals surface area (Å²) in [6.45, 7) is 0. The third kappa shape index (κ3) is 1.46. The van der Waals surface area contributed by atoms with Gasteiger partial charge in [-0.05, 0) is 0 Å². The largest absolute Gasteiger partial charge is 0.310 e. The Morgan fingerprint density at radius 3 is 3.20 bits per heavy atom. The molecule has 1 heterocycles. The number of rotatable bonds is 1. The topological polar surface area (TPSA) is 45.8 Å². The summed E-state index contributed by atoms with van der Waals surface area (Å²) < 4.78 is 0. The van der Waals surface area contributed by atoms with Crippen molar-refractivity contribution in [2.75, 3.05) is 0 Å². The van der Waals surface area contributed by atoms with Crippen molar-refractivity contribution in [1.29, 1.82) is 0 Å². The maximum Gasteiger partial charge on any atom is 0.250 e. The van der Waals surface area contributed by atoms with Crippen molar-refractivity contribution in [3.8, 4) is 12.3 Å². The first-order valence-corrected chi connectivity index (χ1v) is 2.80. The molecule has 0 fully saturated rings. The van der Waals surface area contributed by atoms with Crippen LogP contribution in [0, 0.1) is 12.3 Å². The summed E-state index contributed by atoms with van der Waals surface area (Å²) in [7, 11) is 0. The van der Waals surface area contributed by atoms with Crippen molar-refractivity contribution >= 4 is 0 Å². The van der Waals surface area contributed by atoms with Crippen LogP contribution in [-0.4, -0.2) is 9.97 Å². The van der Waals surface area contributed by atoms with Gasteiger partial charge in [-0.25, -0.2) is 4.98 Å². The summed E-state index contributed by atoms with van der Waals surface area (Å²) in [6.07, 6.45) is 6.81. The van der Waals surface area contributed by atoms with Gasteiger partial charge in [0, 0.05) is 12.3 Å². The SMILES string of the molecule is C#CCc1nccc(=O)[nH]1. The first kappa shape index (κ1) is 6.56. The lowest BCUT2D eigenvalue weighted by molar-refractivity contribution is 0.977. The Kier molecular flexibility index (Phi) is 1.86. The Bertz CT molecular complexity index is 308. The molecule has 0 amide bonds. The highest BCUT2D eigenvalue weighted by Crippen LogP contribution is 1.81. The lowest BCUT2D eigenvalue weighted by atomic mass is 10.4. The molecule has 1 N–H and O–H groups in total. The zero-order valence-corrected chi connectivity index (χ0v) is 5.29. The molecule has 0 spiro atoms. The molecule has 1 aromatic heterocycles. The number of H-pyrrole nitrogens is 1. The minimum Gasteiger partial charge on any atom is -0.310 e. The predicted octanol–water partition coefficient (Wildman–Crippen LogP) is -0.0544. The van der Waals surface area contributed by atoms with Crippen LogP contribution in [0.1, 0.15) is 5.82 Å². The van der Waals surface area contributed by atoms with E-state index in [0.29, 0.717) is 12.2 Å². The number of aromatic amines is 1. The Hall–Kier alpha value is -1.56. The van der Waals surface area contributed by atoms with Crippen molar-refractivity contribution < 1.29 is 0 Å². The van der Waals surface area contributed by atoms with Crippen LogP contribution in [0.2, 0.25) is 0 Å². The van der Waals surface area contributed by atoms with Crippen molar-refractivity contribution in [3.63, 3.8) is 0 Å². The second-order valence-corrected chi connectivity index (χ2v) is 1.76. The molecule has 0 aromatic carbocycles. The Morgan fingerprint density at radius 1 is 1.80 bits per heavy atom. The highest BCUT2D eigenvalue weighted by atomic mass is 16.1. The first-order chi connectivity index (χ1) is 4.83. The zero-order valence-electron chi connectivity index (χ0n) is 5.29. The van der Waals surface area contributed by atoms with Crippen LogP contribution in [0.3, 0.4) is 0 Å². The van der Waals surface area contributed by atoms with Gasteiger partial charge in [0.1, 0.15) is 5.82 Å². The summed E-state index contributed by atoms with van der Waals surface area (Å²) in [5.41, 5.74) is -0.166. The molecule has 1 aromatic rings. The molecular weight excluding hydrogens is 128 g/mol. The van der Waals surface area contributed by atoms with E-state index < -0.39 is 0 Å². The van der Waals surface area contributed by atoms with E-state index in [4.69, 9.17) is 6.42 Å². The Morgan fingerprint density at radius 2 is 2.60 bits per heavy atom. The first-order valence-electron chi connectivity index (χ1n) is 2.80. The fourth-order valence-electron chi connectivity index (χ4n) is 0.598. The maximum absolute atomic E-state index is 10.6. The van der Waals surface area contributed by atoms with Gasteiger partial charge in [-0.15, -0.1) is 6.42 Å². The number of nitrogens with zero attached hydrogens (tertiary/aromatic N) is 1. The van der Waals surface area contributed by atoms with Gasteiger partial charge in [-0.1, -0.05) is 5.92 Å². The quantitative estimate of drug-likeness (QED) is 0.547. The summed E-state index contributed by atoms with van der Waals surface area (Å²) in [5, 5.41) is 0. The van der Waals surface area contributed by atoms with Crippen LogP contribution in [0.5, 0.6) is 0 Å². The molecule has 50 valence electrons. The molecule has 0 aliphatic carbocycles. The molecule has 0 atom stereocenters. The fourth-order valence-corrected chi connectivity index (χ4v) is 0.598. The molecule has 0 radical (unpaired) electrons. The van der Waals surface area contributed by atoms with Crippen molar-refractivity contribution in [3.05, 3.63) is 28.4 Å². The molecular formula is C7H6N2O. The molecule has 0 unspecified atom stereocenters. The van der Waals surface area contributed by atoms with Crippen molar-refractivity contribution in [2.45, 2.75) is 6.42 Å². The van der Waals surface area contributed by atoms with Gasteiger partial charge < -0.3 is 4.98 Å². The van der Waals surface area contributed by atoms with Crippen LogP contribution in [0.25, 0.3) is 0 Å². The van der Waals surface area contributed by atoms with E-state index >= 15 is 0 Å². The van der Waals surface area contributed by atoms with Crippen molar-refractivity contribution in [1.82, 2.24) is 9.97 Å². The van der Waals surface area contributed by atoms with E-state index in [1.165, 1.54) is 12.3 Å². The molecule has 1 rings (SSSR count). The third-order valence-corrected chi connectivity index (χ3v) is 0.993. The fraction of sp³-hybridized carbons (Fsp3) is 0.143. The summed E-state index contributed by atoms with van der Waals surface area (Å²) in [5.74, 6) is 2.92. The van der Waals surface area contributed by atoms with E-state index in [-0.39, 0.29) is 5.56 Å². The standard InChI is InChI=1S/C7H6N2O/c1-2-3-6-8-5-4-7(10)9-6/h1,4-5H,3H2,(H,8,9,10). The second kappa shape index (κ2) is 2.83. The van der Waals surface area contributed by atoms with E-state index in [1.54, 1.807) is 0 Å². The number of terminal acetylenes is 1. The lowest BCUT2D eigenvalue weighted by Gasteiger charge is -1.89. The summed E-state index contributed by atoms with van der Waals surface area (Å²) in [4.78, 5) is 16.9. The maximum atomic E-state index is 10.6. The number of hydrogen-bond donors (Lipinski definition) is 1. The van der Waals surface area contributed by atoms with Crippen LogP contribution in [0.15, 0.2) is 17.1 Å². The minimum atomic E-state index is -0.166. The zero-order chi connectivity index (χ0) is 7.40. The molecule has 0 aliphatic rings. The molecule has 0 saturated heterocycles. The average Bonchev–Trinajstić information content (AvgIpc) is 1.88. The monoisotopic (exact) mass is 134 g/mol. The van der Waals surface area contributed by atoms with Gasteiger partial charge in [0.05, 0.1) is 6.42 Å². The lowest BCUT2D eigenvalue weighted by Crippen LogP contribution is -2.07. The van der Waals surface area contributed by atoms with E-state index in [1.807, 2.05) is 0 Å². The van der Waals surface area contributed by atoms with E-state index in [2.05, 4.69) is 15.9 Å². The molecule has 10 heavy (non-hydrogen) atoms. The molecule has 3 heteroatoms. The van der Waals surface area contributed by atoms with Gasteiger partial charge in [0.15, 0.2) is 0 Å². The van der Waals surface area contributed by atoms with Crippen LogP contribution in [-0.2, 0) is 6.42 Å². The Labute approximate surface area is 58.1 Å². The highest BCUT2D eigenvalue weighted by molar-refractivity contribution is 5.00. The molecule has 3 nitrogen and oxygen atoms in total. The minimum absolute atomic E-state index is 0.166. The highest BCUT2D eigenvalue weighted by Gasteiger charge is 1.88. The van der Waals surface area contributed by atoms with Gasteiger partial charge in [0.2, 0.25) is 0 Å². The van der Waals surface area contributed by atoms with Crippen LogP contribution in [0.4, 0.5) is 0 Å². The van der Waals surface area contributed by atoms with Gasteiger partial charge >= 0.3 is 0 Å². The molecule has 0 aliphatic heterocycles.